The Morgan fingerprint density at radius 2 is 2.07 bits per heavy atom. The SMILES string of the molecule is C[C@]12C=CC(=O)C=C1C(F)=C[C@H]1[C@@H]3CC[C@](O)(C(=O)CO)[C@@]3(C)CC(O)[C@@]12Cl. The monoisotopic (exact) mass is 410 g/mol. The molecular weight excluding hydrogens is 387 g/mol. The van der Waals surface area contributed by atoms with Gasteiger partial charge in [-0.15, -0.1) is 11.6 Å². The summed E-state index contributed by atoms with van der Waals surface area (Å²) in [5.41, 5.74) is -3.83. The molecule has 5 nitrogen and oxygen atoms in total. The molecule has 0 radical (unpaired) electrons. The molecule has 2 fully saturated rings. The summed E-state index contributed by atoms with van der Waals surface area (Å²) in [6.45, 7) is 2.61. The van der Waals surface area contributed by atoms with E-state index < -0.39 is 51.5 Å². The molecule has 7 atom stereocenters. The van der Waals surface area contributed by atoms with Crippen LogP contribution in [0.4, 0.5) is 4.39 Å². The second kappa shape index (κ2) is 5.85. The number of carbonyl (C=O) groups excluding carboxylic acids is 2. The molecule has 0 bridgehead atoms. The number of hydrogen-bond donors (Lipinski definition) is 3. The Balaban J connectivity index is 1.90. The zero-order valence-electron chi connectivity index (χ0n) is 15.8. The van der Waals surface area contributed by atoms with Crippen molar-refractivity contribution in [3.63, 3.8) is 0 Å². The molecule has 0 aromatic heterocycles. The number of hydrogen-bond acceptors (Lipinski definition) is 5. The third-order valence-electron chi connectivity index (χ3n) is 8.01. The molecule has 0 heterocycles. The third kappa shape index (κ3) is 2.07. The van der Waals surface area contributed by atoms with Crippen LogP contribution in [-0.4, -0.2) is 50.1 Å². The van der Waals surface area contributed by atoms with Crippen molar-refractivity contribution in [2.75, 3.05) is 6.61 Å². The summed E-state index contributed by atoms with van der Waals surface area (Å²) < 4.78 is 15.1. The lowest BCUT2D eigenvalue weighted by atomic mass is 9.47. The van der Waals surface area contributed by atoms with Crippen LogP contribution in [0, 0.1) is 22.7 Å². The number of Topliss-reactive ketones (excluding diaryl/α,β-unsaturated/α-hetero) is 1. The van der Waals surface area contributed by atoms with E-state index in [4.69, 9.17) is 11.6 Å². The van der Waals surface area contributed by atoms with Gasteiger partial charge < -0.3 is 15.3 Å². The number of alkyl halides is 1. The lowest BCUT2D eigenvalue weighted by Gasteiger charge is -2.62. The Hall–Kier alpha value is -1.34. The highest BCUT2D eigenvalue weighted by Gasteiger charge is 2.73. The molecular formula is C21H24ClFO5. The topological polar surface area (TPSA) is 94.8 Å². The third-order valence-corrected chi connectivity index (χ3v) is 8.91. The first-order valence-corrected chi connectivity index (χ1v) is 9.90. The highest BCUT2D eigenvalue weighted by Crippen LogP contribution is 2.69. The second-order valence-electron chi connectivity index (χ2n) is 9.03. The van der Waals surface area contributed by atoms with Gasteiger partial charge in [0.05, 0.1) is 11.0 Å². The molecule has 4 aliphatic rings. The fraction of sp³-hybridized carbons (Fsp3) is 0.619. The maximum Gasteiger partial charge on any atom is 0.190 e. The van der Waals surface area contributed by atoms with E-state index in [0.717, 1.165) is 0 Å². The van der Waals surface area contributed by atoms with E-state index >= 15 is 4.39 Å². The summed E-state index contributed by atoms with van der Waals surface area (Å²) >= 11 is 7.11. The quantitative estimate of drug-likeness (QED) is 0.605. The Kier molecular flexibility index (Phi) is 4.17. The van der Waals surface area contributed by atoms with Gasteiger partial charge in [-0.25, -0.2) is 4.39 Å². The van der Waals surface area contributed by atoms with E-state index in [1.54, 1.807) is 19.9 Å². The molecule has 0 amide bonds. The number of ketones is 2. The molecule has 152 valence electrons. The van der Waals surface area contributed by atoms with Crippen molar-refractivity contribution in [3.05, 3.63) is 35.7 Å². The van der Waals surface area contributed by atoms with Crippen molar-refractivity contribution in [1.29, 1.82) is 0 Å². The second-order valence-corrected chi connectivity index (χ2v) is 9.65. The fourth-order valence-corrected chi connectivity index (χ4v) is 6.79. The molecule has 4 aliphatic carbocycles. The van der Waals surface area contributed by atoms with Crippen LogP contribution < -0.4 is 0 Å². The highest BCUT2D eigenvalue weighted by atomic mass is 35.5. The zero-order valence-corrected chi connectivity index (χ0v) is 16.5. The first kappa shape index (κ1) is 20.0. The molecule has 2 saturated carbocycles. The predicted molar refractivity (Wildman–Crippen MR) is 100 cm³/mol. The fourth-order valence-electron chi connectivity index (χ4n) is 6.33. The smallest absolute Gasteiger partial charge is 0.190 e. The van der Waals surface area contributed by atoms with E-state index in [0.29, 0.717) is 6.42 Å². The minimum Gasteiger partial charge on any atom is -0.391 e. The number of carbonyl (C=O) groups is 2. The summed E-state index contributed by atoms with van der Waals surface area (Å²) in [5, 5.41) is 31.7. The van der Waals surface area contributed by atoms with Gasteiger partial charge in [-0.05, 0) is 43.4 Å². The largest absolute Gasteiger partial charge is 0.391 e. The number of aliphatic hydroxyl groups excluding tert-OH is 2. The molecule has 0 aromatic rings. The average Bonchev–Trinajstić information content (AvgIpc) is 2.91. The van der Waals surface area contributed by atoms with Crippen LogP contribution >= 0.6 is 11.6 Å². The average molecular weight is 411 g/mol. The Morgan fingerprint density at radius 3 is 2.71 bits per heavy atom. The molecule has 28 heavy (non-hydrogen) atoms. The summed E-state index contributed by atoms with van der Waals surface area (Å²) in [5.74, 6) is -2.63. The number of fused-ring (bicyclic) bond motifs is 5. The van der Waals surface area contributed by atoms with Crippen LogP contribution in [0.3, 0.4) is 0 Å². The molecule has 0 spiro atoms. The van der Waals surface area contributed by atoms with E-state index in [1.165, 1.54) is 18.2 Å². The molecule has 0 saturated heterocycles. The standard InChI is InChI=1S/C21H24ClFO5/c1-18-5-3-11(25)7-14(18)15(23)8-13-12-4-6-20(28,17(27)10-24)19(12,2)9-16(26)21(13,18)22/h3,5,7-8,12-13,16,24,26,28H,4,6,9-10H2,1-2H3/t12-,13-,16?,18-,19-,20-,21-/m0/s1. The Morgan fingerprint density at radius 1 is 1.39 bits per heavy atom. The first-order chi connectivity index (χ1) is 13.0. The van der Waals surface area contributed by atoms with Crippen molar-refractivity contribution in [1.82, 2.24) is 0 Å². The first-order valence-electron chi connectivity index (χ1n) is 9.52. The number of allylic oxidation sites excluding steroid dienone is 6. The van der Waals surface area contributed by atoms with Gasteiger partial charge in [0.1, 0.15) is 18.0 Å². The molecule has 7 heteroatoms. The molecule has 0 aliphatic heterocycles. The van der Waals surface area contributed by atoms with Crippen molar-refractivity contribution >= 4 is 23.2 Å². The van der Waals surface area contributed by atoms with Crippen molar-refractivity contribution in [2.45, 2.75) is 49.7 Å². The molecule has 3 N–H and O–H groups in total. The van der Waals surface area contributed by atoms with Crippen molar-refractivity contribution in [3.8, 4) is 0 Å². The van der Waals surface area contributed by atoms with Gasteiger partial charge in [-0.2, -0.15) is 0 Å². The maximum absolute atomic E-state index is 15.1. The molecule has 4 rings (SSSR count). The zero-order chi connectivity index (χ0) is 20.7. The number of aliphatic hydroxyl groups is 3. The van der Waals surface area contributed by atoms with Gasteiger partial charge in [0.2, 0.25) is 0 Å². The van der Waals surface area contributed by atoms with E-state index in [2.05, 4.69) is 0 Å². The highest BCUT2D eigenvalue weighted by molar-refractivity contribution is 6.26. The van der Waals surface area contributed by atoms with Gasteiger partial charge in [0, 0.05) is 22.3 Å². The lowest BCUT2D eigenvalue weighted by molar-refractivity contribution is -0.169. The van der Waals surface area contributed by atoms with Gasteiger partial charge in [0.25, 0.3) is 0 Å². The van der Waals surface area contributed by atoms with Crippen LogP contribution in [-0.2, 0) is 9.59 Å². The van der Waals surface area contributed by atoms with E-state index in [-0.39, 0.29) is 30.1 Å². The van der Waals surface area contributed by atoms with Crippen molar-refractivity contribution < 1.29 is 29.3 Å². The number of halogens is 2. The minimum atomic E-state index is -1.80. The van der Waals surface area contributed by atoms with Crippen LogP contribution in [0.15, 0.2) is 35.7 Å². The van der Waals surface area contributed by atoms with E-state index in [9.17, 15) is 24.9 Å². The van der Waals surface area contributed by atoms with Crippen LogP contribution in [0.25, 0.3) is 0 Å². The van der Waals surface area contributed by atoms with Gasteiger partial charge in [0.15, 0.2) is 11.6 Å². The summed E-state index contributed by atoms with van der Waals surface area (Å²) in [6.07, 6.45) is 4.83. The molecule has 0 aromatic carbocycles. The lowest BCUT2D eigenvalue weighted by Crippen LogP contribution is -2.68. The molecule has 1 unspecified atom stereocenters. The normalized spacial score (nSPS) is 49.7. The predicted octanol–water partition coefficient (Wildman–Crippen LogP) is 1.99. The summed E-state index contributed by atoms with van der Waals surface area (Å²) in [6, 6.07) is 0. The van der Waals surface area contributed by atoms with Gasteiger partial charge >= 0.3 is 0 Å². The summed E-state index contributed by atoms with van der Waals surface area (Å²) in [4.78, 5) is 22.9. The number of rotatable bonds is 2. The maximum atomic E-state index is 15.1. The Labute approximate surface area is 167 Å². The van der Waals surface area contributed by atoms with Gasteiger partial charge in [-0.3, -0.25) is 9.59 Å². The minimum absolute atomic E-state index is 0.0278. The van der Waals surface area contributed by atoms with Gasteiger partial charge in [-0.1, -0.05) is 19.9 Å². The van der Waals surface area contributed by atoms with Crippen LogP contribution in [0.2, 0.25) is 0 Å². The van der Waals surface area contributed by atoms with Crippen LogP contribution in [0.5, 0.6) is 0 Å². The Bertz CT molecular complexity index is 865. The van der Waals surface area contributed by atoms with E-state index in [1.807, 2.05) is 0 Å². The van der Waals surface area contributed by atoms with Crippen molar-refractivity contribution in [2.24, 2.45) is 22.7 Å². The summed E-state index contributed by atoms with van der Waals surface area (Å²) in [7, 11) is 0. The van der Waals surface area contributed by atoms with Crippen LogP contribution in [0.1, 0.15) is 33.1 Å².